The molecule has 0 atom stereocenters. The predicted octanol–water partition coefficient (Wildman–Crippen LogP) is 4.36. The van der Waals surface area contributed by atoms with Gasteiger partial charge in [-0.25, -0.2) is 4.98 Å². The van der Waals surface area contributed by atoms with Crippen molar-refractivity contribution in [2.24, 2.45) is 0 Å². The fourth-order valence-electron chi connectivity index (χ4n) is 3.13. The Bertz CT molecular complexity index is 940. The van der Waals surface area contributed by atoms with E-state index < -0.39 is 0 Å². The molecule has 0 bridgehead atoms. The van der Waals surface area contributed by atoms with Crippen LogP contribution in [0.4, 0.5) is 17.5 Å². The molecular weight excluding hydrogens is 322 g/mol. The van der Waals surface area contributed by atoms with Gasteiger partial charge in [0.05, 0.1) is 17.3 Å². The predicted molar refractivity (Wildman–Crippen MR) is 103 cm³/mol. The number of nitrogens with one attached hydrogen (secondary N) is 1. The summed E-state index contributed by atoms with van der Waals surface area (Å²) in [6.07, 6.45) is 2.35. The molecule has 2 heterocycles. The fraction of sp³-hybridized carbons (Fsp3) is 0.190. The molecule has 1 aliphatic heterocycles. The second-order valence-electron chi connectivity index (χ2n) is 6.32. The van der Waals surface area contributed by atoms with Crippen molar-refractivity contribution >= 4 is 17.5 Å². The number of rotatable bonds is 4. The lowest BCUT2D eigenvalue weighted by molar-refractivity contribution is 0.902. The van der Waals surface area contributed by atoms with Gasteiger partial charge in [-0.05, 0) is 31.0 Å². The average molecular weight is 341 g/mol. The highest BCUT2D eigenvalue weighted by molar-refractivity contribution is 5.68. The standard InChI is InChI=1S/C21H19N5/c22-15-16-7-6-10-18(13-16)23-20-14-19(17-8-2-1-3-9-17)24-21(25-20)26-11-4-5-12-26/h1-3,6-10,13-14H,4-5,11-12H2,(H,23,24,25). The minimum atomic E-state index is 0.618. The SMILES string of the molecule is N#Cc1cccc(Nc2cc(-c3ccccc3)nc(N3CCCC3)n2)c1. The highest BCUT2D eigenvalue weighted by atomic mass is 15.3. The van der Waals surface area contributed by atoms with Crippen LogP contribution in [0.2, 0.25) is 0 Å². The third kappa shape index (κ3) is 3.50. The largest absolute Gasteiger partial charge is 0.341 e. The number of anilines is 3. The summed E-state index contributed by atoms with van der Waals surface area (Å²) in [5, 5.41) is 12.4. The molecule has 5 nitrogen and oxygen atoms in total. The molecule has 26 heavy (non-hydrogen) atoms. The maximum absolute atomic E-state index is 9.10. The van der Waals surface area contributed by atoms with E-state index in [2.05, 4.69) is 28.4 Å². The van der Waals surface area contributed by atoms with Crippen molar-refractivity contribution in [1.82, 2.24) is 9.97 Å². The van der Waals surface area contributed by atoms with E-state index in [-0.39, 0.29) is 0 Å². The second kappa shape index (κ2) is 7.24. The van der Waals surface area contributed by atoms with Crippen LogP contribution in [0.15, 0.2) is 60.7 Å². The van der Waals surface area contributed by atoms with Gasteiger partial charge in [-0.3, -0.25) is 0 Å². The smallest absolute Gasteiger partial charge is 0.227 e. The Hall–Kier alpha value is -3.39. The molecule has 1 aromatic heterocycles. The van der Waals surface area contributed by atoms with Crippen LogP contribution in [0, 0.1) is 11.3 Å². The Morgan fingerprint density at radius 3 is 2.50 bits per heavy atom. The third-order valence-corrected chi connectivity index (χ3v) is 4.44. The number of hydrogen-bond donors (Lipinski definition) is 1. The van der Waals surface area contributed by atoms with Crippen molar-refractivity contribution < 1.29 is 0 Å². The van der Waals surface area contributed by atoms with Gasteiger partial charge in [0.2, 0.25) is 5.95 Å². The van der Waals surface area contributed by atoms with Crippen LogP contribution < -0.4 is 10.2 Å². The van der Waals surface area contributed by atoms with E-state index in [9.17, 15) is 0 Å². The number of nitrogens with zero attached hydrogens (tertiary/aromatic N) is 4. The number of hydrogen-bond acceptors (Lipinski definition) is 5. The van der Waals surface area contributed by atoms with Gasteiger partial charge in [0.25, 0.3) is 0 Å². The molecule has 5 heteroatoms. The van der Waals surface area contributed by atoms with Crippen molar-refractivity contribution in [3.05, 3.63) is 66.2 Å². The van der Waals surface area contributed by atoms with Crippen molar-refractivity contribution in [1.29, 1.82) is 5.26 Å². The monoisotopic (exact) mass is 341 g/mol. The lowest BCUT2D eigenvalue weighted by atomic mass is 10.1. The van der Waals surface area contributed by atoms with E-state index in [0.29, 0.717) is 5.56 Å². The number of aromatic nitrogens is 2. The fourth-order valence-corrected chi connectivity index (χ4v) is 3.13. The van der Waals surface area contributed by atoms with Gasteiger partial charge in [-0.1, -0.05) is 36.4 Å². The lowest BCUT2D eigenvalue weighted by Crippen LogP contribution is -2.21. The van der Waals surface area contributed by atoms with Gasteiger partial charge >= 0.3 is 0 Å². The topological polar surface area (TPSA) is 64.8 Å². The quantitative estimate of drug-likeness (QED) is 0.764. The van der Waals surface area contributed by atoms with E-state index in [1.165, 1.54) is 12.8 Å². The summed E-state index contributed by atoms with van der Waals surface area (Å²) < 4.78 is 0. The van der Waals surface area contributed by atoms with Gasteiger partial charge in [-0.15, -0.1) is 0 Å². The van der Waals surface area contributed by atoms with E-state index in [4.69, 9.17) is 15.2 Å². The Labute approximate surface area is 153 Å². The van der Waals surface area contributed by atoms with E-state index in [1.807, 2.05) is 42.5 Å². The summed E-state index contributed by atoms with van der Waals surface area (Å²) in [4.78, 5) is 11.7. The Morgan fingerprint density at radius 2 is 1.73 bits per heavy atom. The first-order valence-corrected chi connectivity index (χ1v) is 8.78. The van der Waals surface area contributed by atoms with Crippen molar-refractivity contribution in [3.8, 4) is 17.3 Å². The van der Waals surface area contributed by atoms with Crippen LogP contribution in [0.25, 0.3) is 11.3 Å². The minimum absolute atomic E-state index is 0.618. The van der Waals surface area contributed by atoms with Crippen LogP contribution >= 0.6 is 0 Å². The molecule has 0 aliphatic carbocycles. The summed E-state index contributed by atoms with van der Waals surface area (Å²) in [5.74, 6) is 1.48. The highest BCUT2D eigenvalue weighted by Crippen LogP contribution is 2.26. The third-order valence-electron chi connectivity index (χ3n) is 4.44. The first-order chi connectivity index (χ1) is 12.8. The summed E-state index contributed by atoms with van der Waals surface area (Å²) in [5.41, 5.74) is 3.41. The molecule has 1 aliphatic rings. The first-order valence-electron chi connectivity index (χ1n) is 8.78. The van der Waals surface area contributed by atoms with Crippen molar-refractivity contribution in [2.45, 2.75) is 12.8 Å². The zero-order valence-electron chi connectivity index (χ0n) is 14.4. The Kier molecular flexibility index (Phi) is 4.48. The normalized spacial score (nSPS) is 13.4. The molecule has 0 saturated carbocycles. The van der Waals surface area contributed by atoms with Gasteiger partial charge in [0, 0.05) is 30.4 Å². The maximum Gasteiger partial charge on any atom is 0.227 e. The lowest BCUT2D eigenvalue weighted by Gasteiger charge is -2.18. The van der Waals surface area contributed by atoms with E-state index in [1.54, 1.807) is 6.07 Å². The highest BCUT2D eigenvalue weighted by Gasteiger charge is 2.17. The van der Waals surface area contributed by atoms with Crippen molar-refractivity contribution in [3.63, 3.8) is 0 Å². The summed E-state index contributed by atoms with van der Waals surface area (Å²) in [7, 11) is 0. The van der Waals surface area contributed by atoms with Crippen LogP contribution in [0.1, 0.15) is 18.4 Å². The van der Waals surface area contributed by atoms with Crippen molar-refractivity contribution in [2.75, 3.05) is 23.3 Å². The molecule has 1 N–H and O–H groups in total. The molecule has 0 spiro atoms. The molecule has 128 valence electrons. The summed E-state index contributed by atoms with van der Waals surface area (Å²) in [6, 6.07) is 21.6. The molecule has 0 amide bonds. The van der Waals surface area contributed by atoms with Crippen LogP contribution in [-0.2, 0) is 0 Å². The molecule has 1 fully saturated rings. The van der Waals surface area contributed by atoms with Crippen LogP contribution in [-0.4, -0.2) is 23.1 Å². The number of nitriles is 1. The van der Waals surface area contributed by atoms with Gasteiger partial charge in [0.1, 0.15) is 5.82 Å². The first kappa shape index (κ1) is 16.1. The van der Waals surface area contributed by atoms with Crippen LogP contribution in [0.5, 0.6) is 0 Å². The molecular formula is C21H19N5. The van der Waals surface area contributed by atoms with Gasteiger partial charge in [0.15, 0.2) is 0 Å². The minimum Gasteiger partial charge on any atom is -0.341 e. The second-order valence-corrected chi connectivity index (χ2v) is 6.32. The van der Waals surface area contributed by atoms with Gasteiger partial charge < -0.3 is 10.2 Å². The molecule has 2 aromatic carbocycles. The van der Waals surface area contributed by atoms with E-state index in [0.717, 1.165) is 41.8 Å². The summed E-state index contributed by atoms with van der Waals surface area (Å²) >= 11 is 0. The zero-order chi connectivity index (χ0) is 17.8. The average Bonchev–Trinajstić information content (AvgIpc) is 3.23. The van der Waals surface area contributed by atoms with E-state index >= 15 is 0 Å². The molecule has 0 radical (unpaired) electrons. The van der Waals surface area contributed by atoms with Crippen LogP contribution in [0.3, 0.4) is 0 Å². The Balaban J connectivity index is 1.73. The maximum atomic E-state index is 9.10. The molecule has 3 aromatic rings. The molecule has 0 unspecified atom stereocenters. The summed E-state index contributed by atoms with van der Waals surface area (Å²) in [6.45, 7) is 1.98. The molecule has 1 saturated heterocycles. The zero-order valence-corrected chi connectivity index (χ0v) is 14.4. The molecule has 4 rings (SSSR count). The van der Waals surface area contributed by atoms with Gasteiger partial charge in [-0.2, -0.15) is 10.2 Å². The Morgan fingerprint density at radius 1 is 0.923 bits per heavy atom. The number of benzene rings is 2.